The van der Waals surface area contributed by atoms with Crippen molar-refractivity contribution in [1.29, 1.82) is 0 Å². The van der Waals surface area contributed by atoms with Crippen LogP contribution in [0.3, 0.4) is 0 Å². The summed E-state index contributed by atoms with van der Waals surface area (Å²) in [6, 6.07) is 8.36. The van der Waals surface area contributed by atoms with E-state index in [1.165, 1.54) is 6.26 Å². The van der Waals surface area contributed by atoms with Gasteiger partial charge in [-0.05, 0) is 37.3 Å². The monoisotopic (exact) mass is 302 g/mol. The number of halogens is 1. The Bertz CT molecular complexity index is 780. The first-order valence-electron chi connectivity index (χ1n) is 6.17. The summed E-state index contributed by atoms with van der Waals surface area (Å²) in [4.78, 5) is 16.1. The molecule has 0 atom stereocenters. The van der Waals surface area contributed by atoms with Crippen LogP contribution in [0.15, 0.2) is 41.0 Å². The van der Waals surface area contributed by atoms with Crippen molar-refractivity contribution in [3.63, 3.8) is 0 Å². The molecule has 0 spiro atoms. The fourth-order valence-electron chi connectivity index (χ4n) is 1.84. The molecule has 2 heterocycles. The average molecular weight is 303 g/mol. The molecule has 1 amide bonds. The Morgan fingerprint density at radius 3 is 2.86 bits per heavy atom. The van der Waals surface area contributed by atoms with Gasteiger partial charge in [-0.15, -0.1) is 0 Å². The van der Waals surface area contributed by atoms with Crippen molar-refractivity contribution in [3.05, 3.63) is 53.2 Å². The van der Waals surface area contributed by atoms with E-state index in [1.807, 2.05) is 6.92 Å². The van der Waals surface area contributed by atoms with Gasteiger partial charge in [0.25, 0.3) is 5.91 Å². The zero-order valence-corrected chi connectivity index (χ0v) is 11.8. The van der Waals surface area contributed by atoms with E-state index >= 15 is 0 Å². The lowest BCUT2D eigenvalue weighted by atomic mass is 10.2. The lowest BCUT2D eigenvalue weighted by Gasteiger charge is -2.06. The number of anilines is 1. The maximum atomic E-state index is 11.9. The molecule has 3 rings (SSSR count). The molecule has 1 aromatic carbocycles. The Labute approximate surface area is 125 Å². The van der Waals surface area contributed by atoms with Crippen LogP contribution < -0.4 is 5.32 Å². The van der Waals surface area contributed by atoms with Crippen molar-refractivity contribution in [2.45, 2.75) is 6.92 Å². The number of benzene rings is 1. The highest BCUT2D eigenvalue weighted by atomic mass is 35.5. The molecule has 2 aromatic heterocycles. The number of hydrogen-bond acceptors (Lipinski definition) is 4. The number of carbonyl (C=O) groups is 1. The summed E-state index contributed by atoms with van der Waals surface area (Å²) in [5.41, 5.74) is 1.26. The van der Waals surface area contributed by atoms with E-state index in [4.69, 9.17) is 16.0 Å². The highest BCUT2D eigenvalue weighted by molar-refractivity contribution is 6.33. The number of rotatable bonds is 3. The van der Waals surface area contributed by atoms with Gasteiger partial charge in [0, 0.05) is 11.3 Å². The minimum Gasteiger partial charge on any atom is -0.459 e. The first-order valence-corrected chi connectivity index (χ1v) is 6.55. The normalized spacial score (nSPS) is 10.6. The van der Waals surface area contributed by atoms with Gasteiger partial charge in [-0.1, -0.05) is 11.6 Å². The van der Waals surface area contributed by atoms with E-state index in [-0.39, 0.29) is 11.7 Å². The number of furan rings is 1. The summed E-state index contributed by atoms with van der Waals surface area (Å²) in [5, 5.41) is 9.97. The van der Waals surface area contributed by atoms with Gasteiger partial charge in [0.2, 0.25) is 0 Å². The summed E-state index contributed by atoms with van der Waals surface area (Å²) < 4.78 is 5.02. The van der Waals surface area contributed by atoms with Crippen LogP contribution in [0, 0.1) is 6.92 Å². The van der Waals surface area contributed by atoms with E-state index in [2.05, 4.69) is 20.5 Å². The van der Waals surface area contributed by atoms with Crippen molar-refractivity contribution in [3.8, 4) is 11.4 Å². The fraction of sp³-hybridized carbons (Fsp3) is 0.0714. The Morgan fingerprint density at radius 1 is 1.38 bits per heavy atom. The molecule has 0 saturated carbocycles. The van der Waals surface area contributed by atoms with Gasteiger partial charge in [0.05, 0.1) is 11.3 Å². The average Bonchev–Trinajstić information content (AvgIpc) is 3.10. The fourth-order valence-corrected chi connectivity index (χ4v) is 2.10. The van der Waals surface area contributed by atoms with E-state index < -0.39 is 0 Å². The molecule has 0 unspecified atom stereocenters. The Balaban J connectivity index is 1.83. The topological polar surface area (TPSA) is 83.8 Å². The van der Waals surface area contributed by atoms with Crippen LogP contribution >= 0.6 is 11.6 Å². The van der Waals surface area contributed by atoms with Crippen LogP contribution in [0.25, 0.3) is 11.4 Å². The molecule has 2 N–H and O–H groups in total. The maximum Gasteiger partial charge on any atom is 0.291 e. The minimum atomic E-state index is -0.336. The number of nitrogens with zero attached hydrogens (tertiary/aromatic N) is 2. The van der Waals surface area contributed by atoms with Crippen molar-refractivity contribution in [2.24, 2.45) is 0 Å². The van der Waals surface area contributed by atoms with E-state index in [0.717, 1.165) is 0 Å². The van der Waals surface area contributed by atoms with Crippen molar-refractivity contribution >= 4 is 23.2 Å². The molecule has 0 aliphatic heterocycles. The van der Waals surface area contributed by atoms with Crippen LogP contribution in [0.4, 0.5) is 5.69 Å². The summed E-state index contributed by atoms with van der Waals surface area (Å²) in [6.45, 7) is 1.81. The lowest BCUT2D eigenvalue weighted by Crippen LogP contribution is -2.10. The molecule has 106 valence electrons. The van der Waals surface area contributed by atoms with Crippen LogP contribution in [-0.2, 0) is 0 Å². The van der Waals surface area contributed by atoms with Gasteiger partial charge in [0.1, 0.15) is 5.82 Å². The van der Waals surface area contributed by atoms with Crippen LogP contribution in [-0.4, -0.2) is 21.1 Å². The van der Waals surface area contributed by atoms with Crippen molar-refractivity contribution < 1.29 is 9.21 Å². The van der Waals surface area contributed by atoms with Gasteiger partial charge in [-0.25, -0.2) is 4.98 Å². The van der Waals surface area contributed by atoms with Crippen molar-refractivity contribution in [2.75, 3.05) is 5.32 Å². The molecular weight excluding hydrogens is 292 g/mol. The van der Waals surface area contributed by atoms with E-state index in [1.54, 1.807) is 30.3 Å². The second-order valence-electron chi connectivity index (χ2n) is 4.37. The molecule has 6 nitrogen and oxygen atoms in total. The predicted molar refractivity (Wildman–Crippen MR) is 78.2 cm³/mol. The number of aromatic amines is 1. The third kappa shape index (κ3) is 2.80. The molecular formula is C14H11ClN4O2. The first kappa shape index (κ1) is 13.4. The number of nitrogens with one attached hydrogen (secondary N) is 2. The second kappa shape index (κ2) is 5.41. The maximum absolute atomic E-state index is 11.9. The third-order valence-corrected chi connectivity index (χ3v) is 3.12. The van der Waals surface area contributed by atoms with Gasteiger partial charge in [0.15, 0.2) is 11.6 Å². The zero-order valence-electron chi connectivity index (χ0n) is 11.1. The summed E-state index contributed by atoms with van der Waals surface area (Å²) in [7, 11) is 0. The van der Waals surface area contributed by atoms with Gasteiger partial charge >= 0.3 is 0 Å². The molecule has 7 heteroatoms. The molecule has 0 saturated heterocycles. The molecule has 0 fully saturated rings. The quantitative estimate of drug-likeness (QED) is 0.777. The number of aromatic nitrogens is 3. The Kier molecular flexibility index (Phi) is 3.45. The van der Waals surface area contributed by atoms with E-state index in [0.29, 0.717) is 27.9 Å². The molecule has 0 bridgehead atoms. The van der Waals surface area contributed by atoms with Gasteiger partial charge in [-0.3, -0.25) is 9.89 Å². The van der Waals surface area contributed by atoms with Crippen LogP contribution in [0.1, 0.15) is 16.4 Å². The van der Waals surface area contributed by atoms with Gasteiger partial charge < -0.3 is 9.73 Å². The van der Waals surface area contributed by atoms with Gasteiger partial charge in [-0.2, -0.15) is 5.10 Å². The molecule has 0 aliphatic rings. The standard InChI is InChI=1S/C14H11ClN4O2/c1-8-16-13(19-18-8)10-5-4-9(7-11(10)15)17-14(20)12-3-2-6-21-12/h2-7H,1H3,(H,17,20)(H,16,18,19). The molecule has 3 aromatic rings. The molecule has 0 radical (unpaired) electrons. The van der Waals surface area contributed by atoms with Crippen LogP contribution in [0.5, 0.6) is 0 Å². The van der Waals surface area contributed by atoms with Crippen LogP contribution in [0.2, 0.25) is 5.02 Å². The zero-order chi connectivity index (χ0) is 14.8. The number of amides is 1. The number of H-pyrrole nitrogens is 1. The minimum absolute atomic E-state index is 0.236. The SMILES string of the molecule is Cc1nc(-c2ccc(NC(=O)c3ccco3)cc2Cl)n[nH]1. The lowest BCUT2D eigenvalue weighted by molar-refractivity contribution is 0.0996. The first-order chi connectivity index (χ1) is 10.1. The van der Waals surface area contributed by atoms with E-state index in [9.17, 15) is 4.79 Å². The smallest absolute Gasteiger partial charge is 0.291 e. The number of aryl methyl sites for hydroxylation is 1. The second-order valence-corrected chi connectivity index (χ2v) is 4.78. The highest BCUT2D eigenvalue weighted by Gasteiger charge is 2.12. The highest BCUT2D eigenvalue weighted by Crippen LogP contribution is 2.28. The largest absolute Gasteiger partial charge is 0.459 e. The molecule has 21 heavy (non-hydrogen) atoms. The predicted octanol–water partition coefficient (Wildman–Crippen LogP) is 3.28. The van der Waals surface area contributed by atoms with Crippen molar-refractivity contribution in [1.82, 2.24) is 15.2 Å². The Morgan fingerprint density at radius 2 is 2.24 bits per heavy atom. The summed E-state index contributed by atoms with van der Waals surface area (Å²) in [5.74, 6) is 1.12. The molecule has 0 aliphatic carbocycles. The summed E-state index contributed by atoms with van der Waals surface area (Å²) >= 11 is 6.21. The number of hydrogen-bond donors (Lipinski definition) is 2. The third-order valence-electron chi connectivity index (χ3n) is 2.81. The Hall–Kier alpha value is -2.60. The number of carbonyl (C=O) groups excluding carboxylic acids is 1. The summed E-state index contributed by atoms with van der Waals surface area (Å²) in [6.07, 6.45) is 1.44.